The fraction of sp³-hybridized carbons (Fsp3) is 0.500. The van der Waals surface area contributed by atoms with Crippen LogP contribution in [0.25, 0.3) is 0 Å². The lowest BCUT2D eigenvalue weighted by molar-refractivity contribution is 0.102. The Balaban J connectivity index is 1.93. The number of piperidine rings is 1. The maximum absolute atomic E-state index is 13.3. The number of aromatic amines is 1. The summed E-state index contributed by atoms with van der Waals surface area (Å²) in [5.74, 6) is 0.224. The number of benzene rings is 1. The molecule has 2 heterocycles. The number of carbonyl (C=O) groups is 1. The molecular formula is C22H31N3O3S. The van der Waals surface area contributed by atoms with Crippen LogP contribution in [0.4, 0.5) is 5.69 Å². The van der Waals surface area contributed by atoms with Crippen LogP contribution in [0.5, 0.6) is 0 Å². The highest BCUT2D eigenvalue weighted by atomic mass is 32.2. The summed E-state index contributed by atoms with van der Waals surface area (Å²) >= 11 is 0. The molecule has 0 atom stereocenters. The SMILES string of the molecule is CCc1cccc(C)c1NC(=O)c1[nH]c(C)c(S(=O)(=O)N2CCC(C)CC2)c1C. The Morgan fingerprint density at radius 2 is 1.86 bits per heavy atom. The number of sulfonamides is 1. The summed E-state index contributed by atoms with van der Waals surface area (Å²) in [5, 5.41) is 2.99. The van der Waals surface area contributed by atoms with E-state index >= 15 is 0 Å². The average molecular weight is 418 g/mol. The summed E-state index contributed by atoms with van der Waals surface area (Å²) in [6.07, 6.45) is 2.53. The van der Waals surface area contributed by atoms with Gasteiger partial charge in [0.1, 0.15) is 10.6 Å². The monoisotopic (exact) mass is 417 g/mol. The lowest BCUT2D eigenvalue weighted by Gasteiger charge is -2.29. The molecule has 1 aliphatic rings. The zero-order valence-corrected chi connectivity index (χ0v) is 18.7. The van der Waals surface area contributed by atoms with Crippen molar-refractivity contribution in [3.8, 4) is 0 Å². The molecule has 3 rings (SSSR count). The zero-order valence-electron chi connectivity index (χ0n) is 17.9. The summed E-state index contributed by atoms with van der Waals surface area (Å²) in [5.41, 5.74) is 4.11. The standard InChI is InChI=1S/C22H31N3O3S/c1-6-18-9-7-8-15(3)19(18)24-22(26)20-16(4)21(17(5)23-20)29(27,28)25-12-10-14(2)11-13-25/h7-9,14,23H,6,10-13H2,1-5H3,(H,24,26). The third kappa shape index (κ3) is 4.12. The molecule has 158 valence electrons. The van der Waals surface area contributed by atoms with E-state index in [9.17, 15) is 13.2 Å². The Labute approximate surface area is 173 Å². The summed E-state index contributed by atoms with van der Waals surface area (Å²) in [7, 11) is -3.63. The zero-order chi connectivity index (χ0) is 21.3. The fourth-order valence-electron chi connectivity index (χ4n) is 4.08. The van der Waals surface area contributed by atoms with Crippen LogP contribution in [0.1, 0.15) is 59.6 Å². The van der Waals surface area contributed by atoms with Gasteiger partial charge in [-0.15, -0.1) is 0 Å². The van der Waals surface area contributed by atoms with Crippen molar-refractivity contribution < 1.29 is 13.2 Å². The smallest absolute Gasteiger partial charge is 0.272 e. The number of para-hydroxylation sites is 1. The predicted molar refractivity (Wildman–Crippen MR) is 116 cm³/mol. The molecule has 0 aliphatic carbocycles. The van der Waals surface area contributed by atoms with Gasteiger partial charge in [-0.05, 0) is 62.6 Å². The highest BCUT2D eigenvalue weighted by Gasteiger charge is 2.33. The summed E-state index contributed by atoms with van der Waals surface area (Å²) in [6.45, 7) is 10.6. The third-order valence-corrected chi connectivity index (χ3v) is 8.09. The van der Waals surface area contributed by atoms with E-state index in [-0.39, 0.29) is 10.8 Å². The minimum absolute atomic E-state index is 0.234. The average Bonchev–Trinajstić information content (AvgIpc) is 2.98. The molecule has 7 heteroatoms. The van der Waals surface area contributed by atoms with Crippen LogP contribution in [-0.2, 0) is 16.4 Å². The number of rotatable bonds is 5. The molecule has 0 unspecified atom stereocenters. The molecule has 29 heavy (non-hydrogen) atoms. The number of nitrogens with one attached hydrogen (secondary N) is 2. The van der Waals surface area contributed by atoms with Gasteiger partial charge in [-0.25, -0.2) is 8.42 Å². The second-order valence-corrected chi connectivity index (χ2v) is 9.96. The maximum Gasteiger partial charge on any atom is 0.272 e. The second kappa shape index (κ2) is 8.32. The van der Waals surface area contributed by atoms with Crippen molar-refractivity contribution in [3.05, 3.63) is 46.3 Å². The lowest BCUT2D eigenvalue weighted by Crippen LogP contribution is -2.38. The van der Waals surface area contributed by atoms with Gasteiger partial charge >= 0.3 is 0 Å². The number of H-pyrrole nitrogens is 1. The molecule has 1 fully saturated rings. The van der Waals surface area contributed by atoms with Crippen molar-refractivity contribution in [2.75, 3.05) is 18.4 Å². The molecule has 1 aliphatic heterocycles. The molecule has 1 aromatic heterocycles. The fourth-order valence-corrected chi connectivity index (χ4v) is 5.96. The van der Waals surface area contributed by atoms with Gasteiger partial charge in [0.15, 0.2) is 0 Å². The quantitative estimate of drug-likeness (QED) is 0.766. The molecule has 0 radical (unpaired) electrons. The highest BCUT2D eigenvalue weighted by Crippen LogP contribution is 2.30. The van der Waals surface area contributed by atoms with E-state index in [1.165, 1.54) is 0 Å². The molecule has 0 bridgehead atoms. The Hall–Kier alpha value is -2.12. The van der Waals surface area contributed by atoms with Crippen molar-refractivity contribution in [2.45, 2.75) is 58.8 Å². The maximum atomic E-state index is 13.3. The number of hydrogen-bond acceptors (Lipinski definition) is 3. The van der Waals surface area contributed by atoms with E-state index in [1.54, 1.807) is 18.2 Å². The van der Waals surface area contributed by atoms with Crippen LogP contribution in [0.3, 0.4) is 0 Å². The topological polar surface area (TPSA) is 82.3 Å². The Morgan fingerprint density at radius 3 is 2.48 bits per heavy atom. The lowest BCUT2D eigenvalue weighted by atomic mass is 10.0. The molecule has 2 N–H and O–H groups in total. The number of amides is 1. The van der Waals surface area contributed by atoms with E-state index < -0.39 is 10.0 Å². The van der Waals surface area contributed by atoms with Gasteiger partial charge in [0.2, 0.25) is 10.0 Å². The van der Waals surface area contributed by atoms with Crippen LogP contribution in [0.15, 0.2) is 23.1 Å². The van der Waals surface area contributed by atoms with E-state index in [4.69, 9.17) is 0 Å². The van der Waals surface area contributed by atoms with Crippen molar-refractivity contribution in [3.63, 3.8) is 0 Å². The molecule has 0 spiro atoms. The first kappa shape index (κ1) is 21.6. The first-order valence-electron chi connectivity index (χ1n) is 10.3. The molecule has 0 saturated carbocycles. The summed E-state index contributed by atoms with van der Waals surface area (Å²) in [4.78, 5) is 16.3. The van der Waals surface area contributed by atoms with Gasteiger partial charge in [-0.1, -0.05) is 32.0 Å². The largest absolute Gasteiger partial charge is 0.353 e. The van der Waals surface area contributed by atoms with E-state index in [0.717, 1.165) is 36.1 Å². The normalized spacial score (nSPS) is 16.2. The molecule has 1 amide bonds. The Morgan fingerprint density at radius 1 is 1.21 bits per heavy atom. The van der Waals surface area contributed by atoms with Crippen molar-refractivity contribution >= 4 is 21.6 Å². The van der Waals surface area contributed by atoms with Crippen LogP contribution in [-0.4, -0.2) is 36.7 Å². The first-order chi connectivity index (χ1) is 13.7. The van der Waals surface area contributed by atoms with Gasteiger partial charge in [0.25, 0.3) is 5.91 Å². The summed E-state index contributed by atoms with van der Waals surface area (Å²) in [6, 6.07) is 5.91. The number of carbonyl (C=O) groups excluding carboxylic acids is 1. The van der Waals surface area contributed by atoms with Crippen LogP contribution in [0.2, 0.25) is 0 Å². The first-order valence-corrected chi connectivity index (χ1v) is 11.7. The van der Waals surface area contributed by atoms with Gasteiger partial charge in [-0.3, -0.25) is 4.79 Å². The highest BCUT2D eigenvalue weighted by molar-refractivity contribution is 7.89. The molecular weight excluding hydrogens is 386 g/mol. The number of nitrogens with zero attached hydrogens (tertiary/aromatic N) is 1. The number of anilines is 1. The van der Waals surface area contributed by atoms with Gasteiger partial charge in [0.05, 0.1) is 0 Å². The number of aromatic nitrogens is 1. The summed E-state index contributed by atoms with van der Waals surface area (Å²) < 4.78 is 28.1. The molecule has 2 aromatic rings. The Bertz CT molecular complexity index is 1020. The number of aryl methyl sites for hydroxylation is 3. The second-order valence-electron chi connectivity index (χ2n) is 8.08. The van der Waals surface area contributed by atoms with E-state index in [0.29, 0.717) is 36.0 Å². The molecule has 6 nitrogen and oxygen atoms in total. The van der Waals surface area contributed by atoms with Gasteiger partial charge < -0.3 is 10.3 Å². The third-order valence-electron chi connectivity index (χ3n) is 5.91. The minimum atomic E-state index is -3.63. The van der Waals surface area contributed by atoms with E-state index in [1.807, 2.05) is 32.0 Å². The van der Waals surface area contributed by atoms with Crippen LogP contribution >= 0.6 is 0 Å². The molecule has 1 aromatic carbocycles. The van der Waals surface area contributed by atoms with Crippen molar-refractivity contribution in [1.82, 2.24) is 9.29 Å². The van der Waals surface area contributed by atoms with Crippen LogP contribution < -0.4 is 5.32 Å². The molecule has 1 saturated heterocycles. The van der Waals surface area contributed by atoms with Crippen LogP contribution in [0, 0.1) is 26.7 Å². The van der Waals surface area contributed by atoms with E-state index in [2.05, 4.69) is 17.2 Å². The van der Waals surface area contributed by atoms with Gasteiger partial charge in [-0.2, -0.15) is 4.31 Å². The number of hydrogen-bond donors (Lipinski definition) is 2. The van der Waals surface area contributed by atoms with Gasteiger partial charge in [0, 0.05) is 24.5 Å². The predicted octanol–water partition coefficient (Wildman–Crippen LogP) is 4.18. The Kier molecular flexibility index (Phi) is 6.19. The minimum Gasteiger partial charge on any atom is -0.353 e. The van der Waals surface area contributed by atoms with Crippen molar-refractivity contribution in [2.24, 2.45) is 5.92 Å². The van der Waals surface area contributed by atoms with Crippen molar-refractivity contribution in [1.29, 1.82) is 0 Å².